The summed E-state index contributed by atoms with van der Waals surface area (Å²) in [6.07, 6.45) is 2.19. The van der Waals surface area contributed by atoms with Crippen molar-refractivity contribution in [3.8, 4) is 0 Å². The number of hydrogen-bond acceptors (Lipinski definition) is 3. The molecule has 3 heteroatoms. The summed E-state index contributed by atoms with van der Waals surface area (Å²) in [5.41, 5.74) is 3.38. The van der Waals surface area contributed by atoms with Crippen LogP contribution >= 0.6 is 0 Å². The highest BCUT2D eigenvalue weighted by Gasteiger charge is 2.61. The first kappa shape index (κ1) is 16.8. The normalized spacial score (nSPS) is 22.0. The molecule has 1 aromatic rings. The van der Waals surface area contributed by atoms with Gasteiger partial charge < -0.3 is 9.47 Å². The van der Waals surface area contributed by atoms with Crippen molar-refractivity contribution in [3.63, 3.8) is 0 Å². The number of rotatable bonds is 6. The quantitative estimate of drug-likeness (QED) is 0.586. The van der Waals surface area contributed by atoms with Gasteiger partial charge in [0.15, 0.2) is 0 Å². The van der Waals surface area contributed by atoms with Crippen molar-refractivity contribution in [3.05, 3.63) is 47.0 Å². The molecule has 22 heavy (non-hydrogen) atoms. The topological polar surface area (TPSA) is 35.5 Å². The van der Waals surface area contributed by atoms with Crippen LogP contribution in [0.1, 0.15) is 38.8 Å². The first-order chi connectivity index (χ1) is 10.4. The number of hydrogen-bond donors (Lipinski definition) is 0. The molecule has 0 aromatic heterocycles. The van der Waals surface area contributed by atoms with Gasteiger partial charge in [-0.2, -0.15) is 0 Å². The van der Waals surface area contributed by atoms with Crippen molar-refractivity contribution in [2.75, 3.05) is 7.11 Å². The molecular weight excluding hydrogens is 276 g/mol. The Kier molecular flexibility index (Phi) is 5.07. The van der Waals surface area contributed by atoms with Gasteiger partial charge in [-0.25, -0.2) is 0 Å². The Morgan fingerprint density at radius 1 is 1.14 bits per heavy atom. The third-order valence-corrected chi connectivity index (χ3v) is 4.39. The zero-order chi connectivity index (χ0) is 16.3. The van der Waals surface area contributed by atoms with Gasteiger partial charge >= 0.3 is 5.97 Å². The monoisotopic (exact) mass is 302 g/mol. The summed E-state index contributed by atoms with van der Waals surface area (Å²) >= 11 is 0. The van der Waals surface area contributed by atoms with Gasteiger partial charge in [0.05, 0.1) is 12.5 Å². The highest BCUT2D eigenvalue weighted by Crippen LogP contribution is 2.59. The van der Waals surface area contributed by atoms with Crippen LogP contribution in [0.5, 0.6) is 0 Å². The molecule has 1 aliphatic rings. The molecule has 0 radical (unpaired) electrons. The van der Waals surface area contributed by atoms with Gasteiger partial charge in [0, 0.05) is 7.11 Å². The second-order valence-corrected chi connectivity index (χ2v) is 6.93. The maximum absolute atomic E-state index is 12.3. The average molecular weight is 302 g/mol. The largest absolute Gasteiger partial charge is 0.461 e. The van der Waals surface area contributed by atoms with E-state index in [0.29, 0.717) is 19.1 Å². The van der Waals surface area contributed by atoms with E-state index in [1.807, 2.05) is 24.3 Å². The average Bonchev–Trinajstić information content (AvgIpc) is 2.98. The van der Waals surface area contributed by atoms with E-state index in [1.165, 1.54) is 5.57 Å². The molecule has 2 rings (SSSR count). The number of methoxy groups -OCH3 is 1. The molecule has 1 fully saturated rings. The standard InChI is InChI=1S/C19H26O3/c1-13(2)10-16-17(19(16,3)4)18(20)22-12-15-8-6-14(7-9-15)11-21-5/h6-10,16-17H,11-12H2,1-5H3/t16-,17-/m0/s1. The summed E-state index contributed by atoms with van der Waals surface area (Å²) in [5.74, 6) is 0.192. The van der Waals surface area contributed by atoms with Gasteiger partial charge in [-0.3, -0.25) is 4.79 Å². The van der Waals surface area contributed by atoms with Crippen LogP contribution in [0.3, 0.4) is 0 Å². The summed E-state index contributed by atoms with van der Waals surface area (Å²) in [6.45, 7) is 9.32. The summed E-state index contributed by atoms with van der Waals surface area (Å²) in [6, 6.07) is 7.96. The van der Waals surface area contributed by atoms with E-state index >= 15 is 0 Å². The fourth-order valence-electron chi connectivity index (χ4n) is 2.94. The van der Waals surface area contributed by atoms with Crippen LogP contribution in [-0.4, -0.2) is 13.1 Å². The van der Waals surface area contributed by atoms with E-state index in [-0.39, 0.29) is 17.3 Å². The van der Waals surface area contributed by atoms with Crippen LogP contribution in [0.15, 0.2) is 35.9 Å². The number of esters is 1. The molecule has 1 aliphatic carbocycles. The highest BCUT2D eigenvalue weighted by molar-refractivity contribution is 5.78. The lowest BCUT2D eigenvalue weighted by molar-refractivity contribution is -0.147. The van der Waals surface area contributed by atoms with Crippen LogP contribution < -0.4 is 0 Å². The van der Waals surface area contributed by atoms with Gasteiger partial charge in [-0.05, 0) is 36.3 Å². The first-order valence-electron chi connectivity index (χ1n) is 7.74. The van der Waals surface area contributed by atoms with E-state index < -0.39 is 0 Å². The van der Waals surface area contributed by atoms with Crippen LogP contribution in [0.2, 0.25) is 0 Å². The Balaban J connectivity index is 1.89. The van der Waals surface area contributed by atoms with Crippen molar-refractivity contribution >= 4 is 5.97 Å². The van der Waals surface area contributed by atoms with Gasteiger partial charge in [-0.1, -0.05) is 49.8 Å². The SMILES string of the molecule is COCc1ccc(COC(=O)[C@@H]2[C@H](C=C(C)C)C2(C)C)cc1. The summed E-state index contributed by atoms with van der Waals surface area (Å²) in [7, 11) is 1.68. The summed E-state index contributed by atoms with van der Waals surface area (Å²) in [5, 5.41) is 0. The predicted octanol–water partition coefficient (Wildman–Crippen LogP) is 4.11. The maximum atomic E-state index is 12.3. The lowest BCUT2D eigenvalue weighted by atomic mass is 10.1. The molecule has 3 nitrogen and oxygen atoms in total. The molecule has 2 atom stereocenters. The molecule has 1 aromatic carbocycles. The summed E-state index contributed by atoms with van der Waals surface area (Å²) < 4.78 is 10.6. The maximum Gasteiger partial charge on any atom is 0.310 e. The van der Waals surface area contributed by atoms with E-state index in [9.17, 15) is 4.79 Å². The van der Waals surface area contributed by atoms with Gasteiger partial charge in [0.1, 0.15) is 6.61 Å². The van der Waals surface area contributed by atoms with E-state index in [0.717, 1.165) is 11.1 Å². The van der Waals surface area contributed by atoms with Crippen LogP contribution in [-0.2, 0) is 27.5 Å². The number of allylic oxidation sites excluding steroid dienone is 2. The lowest BCUT2D eigenvalue weighted by Gasteiger charge is -2.07. The van der Waals surface area contributed by atoms with E-state index in [2.05, 4.69) is 33.8 Å². The number of ether oxygens (including phenoxy) is 2. The molecule has 0 unspecified atom stereocenters. The van der Waals surface area contributed by atoms with Crippen LogP contribution in [0.4, 0.5) is 0 Å². The van der Waals surface area contributed by atoms with Crippen LogP contribution in [0, 0.1) is 17.3 Å². The Morgan fingerprint density at radius 3 is 2.18 bits per heavy atom. The second-order valence-electron chi connectivity index (χ2n) is 6.93. The van der Waals surface area contributed by atoms with E-state index in [4.69, 9.17) is 9.47 Å². The minimum Gasteiger partial charge on any atom is -0.461 e. The van der Waals surface area contributed by atoms with Crippen LogP contribution in [0.25, 0.3) is 0 Å². The molecule has 0 saturated heterocycles. The third-order valence-electron chi connectivity index (χ3n) is 4.39. The van der Waals surface area contributed by atoms with Gasteiger partial charge in [0.25, 0.3) is 0 Å². The molecule has 0 heterocycles. The Bertz CT molecular complexity index is 551. The van der Waals surface area contributed by atoms with Crippen molar-refractivity contribution in [2.45, 2.75) is 40.9 Å². The third kappa shape index (κ3) is 3.77. The summed E-state index contributed by atoms with van der Waals surface area (Å²) in [4.78, 5) is 12.3. The highest BCUT2D eigenvalue weighted by atomic mass is 16.5. The minimum absolute atomic E-state index is 0.0106. The fourth-order valence-corrected chi connectivity index (χ4v) is 2.94. The first-order valence-corrected chi connectivity index (χ1v) is 7.74. The molecule has 0 aliphatic heterocycles. The molecule has 120 valence electrons. The lowest BCUT2D eigenvalue weighted by Crippen LogP contribution is -2.10. The Hall–Kier alpha value is -1.61. The van der Waals surface area contributed by atoms with E-state index in [1.54, 1.807) is 7.11 Å². The second kappa shape index (κ2) is 6.66. The smallest absolute Gasteiger partial charge is 0.310 e. The van der Waals surface area contributed by atoms with Gasteiger partial charge in [-0.15, -0.1) is 0 Å². The molecule has 0 bridgehead atoms. The minimum atomic E-state index is -0.0894. The number of benzene rings is 1. The van der Waals surface area contributed by atoms with Crippen molar-refractivity contribution in [1.29, 1.82) is 0 Å². The fraction of sp³-hybridized carbons (Fsp3) is 0.526. The molecular formula is C19H26O3. The molecule has 0 N–H and O–H groups in total. The Morgan fingerprint density at radius 2 is 1.68 bits per heavy atom. The molecule has 1 saturated carbocycles. The molecule has 0 spiro atoms. The van der Waals surface area contributed by atoms with Crippen molar-refractivity contribution in [1.82, 2.24) is 0 Å². The molecule has 0 amide bonds. The Labute approximate surface area is 133 Å². The zero-order valence-electron chi connectivity index (χ0n) is 14.2. The number of carbonyl (C=O) groups is 1. The zero-order valence-corrected chi connectivity index (χ0v) is 14.2. The predicted molar refractivity (Wildman–Crippen MR) is 87.1 cm³/mol. The number of carbonyl (C=O) groups excluding carboxylic acids is 1. The van der Waals surface area contributed by atoms with Crippen molar-refractivity contribution in [2.24, 2.45) is 17.3 Å². The van der Waals surface area contributed by atoms with Gasteiger partial charge in [0.2, 0.25) is 0 Å². The van der Waals surface area contributed by atoms with Crippen molar-refractivity contribution < 1.29 is 14.3 Å².